The maximum atomic E-state index is 10.3. The third kappa shape index (κ3) is 1.68. The van der Waals surface area contributed by atoms with Gasteiger partial charge in [-0.3, -0.25) is 0 Å². The van der Waals surface area contributed by atoms with Gasteiger partial charge in [-0.1, -0.05) is 32.0 Å². The molecule has 0 radical (unpaired) electrons. The minimum atomic E-state index is 0.385. The average molecular weight is 275 g/mol. The van der Waals surface area contributed by atoms with E-state index in [0.29, 0.717) is 29.4 Å². The van der Waals surface area contributed by atoms with Crippen molar-refractivity contribution < 1.29 is 5.11 Å². The minimum absolute atomic E-state index is 0.385. The largest absolute Gasteiger partial charge is 0.507 e. The van der Waals surface area contributed by atoms with Crippen molar-refractivity contribution in [3.8, 4) is 5.75 Å². The number of halogens is 1. The van der Waals surface area contributed by atoms with Gasteiger partial charge in [-0.25, -0.2) is 0 Å². The topological polar surface area (TPSA) is 20.2 Å². The van der Waals surface area contributed by atoms with E-state index in [2.05, 4.69) is 26.8 Å². The van der Waals surface area contributed by atoms with Gasteiger partial charge in [-0.15, -0.1) is 11.6 Å². The molecule has 2 aromatic rings. The first-order chi connectivity index (χ1) is 9.06. The highest BCUT2D eigenvalue weighted by molar-refractivity contribution is 6.18. The number of benzene rings is 2. The van der Waals surface area contributed by atoms with Gasteiger partial charge < -0.3 is 5.11 Å². The Hall–Kier alpha value is -1.21. The fourth-order valence-electron chi connectivity index (χ4n) is 3.57. The zero-order chi connectivity index (χ0) is 13.7. The summed E-state index contributed by atoms with van der Waals surface area (Å²) >= 11 is 6.23. The van der Waals surface area contributed by atoms with Crippen LogP contribution in [-0.2, 0) is 0 Å². The van der Waals surface area contributed by atoms with Crippen LogP contribution in [0.2, 0.25) is 0 Å². The number of aromatic hydroxyl groups is 1. The summed E-state index contributed by atoms with van der Waals surface area (Å²) in [4.78, 5) is 0. The van der Waals surface area contributed by atoms with Crippen molar-refractivity contribution >= 4 is 22.4 Å². The highest BCUT2D eigenvalue weighted by Crippen LogP contribution is 2.51. The van der Waals surface area contributed by atoms with E-state index >= 15 is 0 Å². The van der Waals surface area contributed by atoms with Crippen LogP contribution in [0.5, 0.6) is 5.75 Å². The first-order valence-electron chi connectivity index (χ1n) is 6.87. The van der Waals surface area contributed by atoms with Crippen LogP contribution in [0.3, 0.4) is 0 Å². The predicted molar refractivity (Wildman–Crippen MR) is 81.4 cm³/mol. The Balaban J connectivity index is 2.44. The van der Waals surface area contributed by atoms with Crippen LogP contribution < -0.4 is 0 Å². The Labute approximate surface area is 119 Å². The summed E-state index contributed by atoms with van der Waals surface area (Å²) in [5.74, 6) is 2.40. The van der Waals surface area contributed by atoms with Crippen LogP contribution >= 0.6 is 11.6 Å². The van der Waals surface area contributed by atoms with Crippen molar-refractivity contribution in [1.29, 1.82) is 0 Å². The molecule has 1 N–H and O–H groups in total. The Morgan fingerprint density at radius 1 is 1.26 bits per heavy atom. The molecule has 0 bridgehead atoms. The highest BCUT2D eigenvalue weighted by Gasteiger charge is 2.36. The van der Waals surface area contributed by atoms with Crippen LogP contribution in [0.15, 0.2) is 24.3 Å². The van der Waals surface area contributed by atoms with Gasteiger partial charge in [0.05, 0.1) is 0 Å². The van der Waals surface area contributed by atoms with Gasteiger partial charge in [0, 0.05) is 17.2 Å². The van der Waals surface area contributed by atoms with Crippen molar-refractivity contribution in [1.82, 2.24) is 0 Å². The van der Waals surface area contributed by atoms with Gasteiger partial charge in [0.1, 0.15) is 5.75 Å². The second-order valence-corrected chi connectivity index (χ2v) is 6.11. The van der Waals surface area contributed by atoms with Gasteiger partial charge in [-0.05, 0) is 46.9 Å². The number of alkyl halides is 1. The van der Waals surface area contributed by atoms with Crippen LogP contribution in [0.25, 0.3) is 10.8 Å². The Kier molecular flexibility index (Phi) is 2.98. The molecule has 0 aliphatic heterocycles. The molecule has 1 aliphatic rings. The average Bonchev–Trinajstić information content (AvgIpc) is 2.63. The lowest BCUT2D eigenvalue weighted by Crippen LogP contribution is -2.07. The molecule has 3 rings (SSSR count). The summed E-state index contributed by atoms with van der Waals surface area (Å²) in [5, 5.41) is 12.5. The van der Waals surface area contributed by atoms with Gasteiger partial charge >= 0.3 is 0 Å². The van der Waals surface area contributed by atoms with Crippen molar-refractivity contribution in [2.24, 2.45) is 5.92 Å². The number of phenols is 1. The molecule has 0 saturated carbocycles. The number of hydrogen-bond donors (Lipinski definition) is 1. The Morgan fingerprint density at radius 2 is 2.00 bits per heavy atom. The van der Waals surface area contributed by atoms with Crippen LogP contribution in [0, 0.1) is 12.8 Å². The molecule has 0 heterocycles. The first kappa shape index (κ1) is 12.8. The summed E-state index contributed by atoms with van der Waals surface area (Å²) in [6.07, 6.45) is 0. The molecule has 0 saturated heterocycles. The molecular weight excluding hydrogens is 256 g/mol. The lowest BCUT2D eigenvalue weighted by Gasteiger charge is -2.17. The number of aryl methyl sites for hydroxylation is 1. The fourth-order valence-corrected chi connectivity index (χ4v) is 4.01. The molecule has 100 valence electrons. The molecule has 0 fully saturated rings. The third-order valence-electron chi connectivity index (χ3n) is 4.87. The standard InChI is InChI=1S/C17H19ClO/c1-9-5-4-6-12-15(19)7-13-10(2)11(3)14(8-18)17(13)16(9)12/h4-7,10-11,14,19H,8H2,1-3H3. The molecule has 0 aromatic heterocycles. The third-order valence-corrected chi connectivity index (χ3v) is 5.20. The maximum absolute atomic E-state index is 10.3. The smallest absolute Gasteiger partial charge is 0.123 e. The summed E-state index contributed by atoms with van der Waals surface area (Å²) < 4.78 is 0. The van der Waals surface area contributed by atoms with E-state index in [0.717, 1.165) is 5.39 Å². The van der Waals surface area contributed by atoms with Crippen LogP contribution in [0.1, 0.15) is 42.4 Å². The maximum Gasteiger partial charge on any atom is 0.123 e. The first-order valence-corrected chi connectivity index (χ1v) is 7.40. The van der Waals surface area contributed by atoms with E-state index in [1.165, 1.54) is 22.1 Å². The number of hydrogen-bond acceptors (Lipinski definition) is 1. The van der Waals surface area contributed by atoms with E-state index in [1.807, 2.05) is 18.2 Å². The molecule has 3 atom stereocenters. The van der Waals surface area contributed by atoms with Gasteiger partial charge in [0.2, 0.25) is 0 Å². The van der Waals surface area contributed by atoms with Gasteiger partial charge in [0.15, 0.2) is 0 Å². The molecule has 0 spiro atoms. The van der Waals surface area contributed by atoms with E-state index < -0.39 is 0 Å². The van der Waals surface area contributed by atoms with Crippen molar-refractivity contribution in [2.45, 2.75) is 32.6 Å². The summed E-state index contributed by atoms with van der Waals surface area (Å²) in [7, 11) is 0. The molecule has 3 unspecified atom stereocenters. The summed E-state index contributed by atoms with van der Waals surface area (Å²) in [6, 6.07) is 8.06. The molecule has 1 nitrogen and oxygen atoms in total. The molecule has 0 amide bonds. The van der Waals surface area contributed by atoms with E-state index in [1.54, 1.807) is 0 Å². The van der Waals surface area contributed by atoms with Crippen molar-refractivity contribution in [3.05, 3.63) is 41.0 Å². The van der Waals surface area contributed by atoms with E-state index in [9.17, 15) is 5.11 Å². The van der Waals surface area contributed by atoms with Crippen molar-refractivity contribution in [3.63, 3.8) is 0 Å². The normalized spacial score (nSPS) is 25.8. The Bertz CT molecular complexity index is 647. The molecule has 19 heavy (non-hydrogen) atoms. The lowest BCUT2D eigenvalue weighted by molar-refractivity contribution is 0.465. The zero-order valence-electron chi connectivity index (χ0n) is 11.6. The van der Waals surface area contributed by atoms with Gasteiger partial charge in [-0.2, -0.15) is 0 Å². The second-order valence-electron chi connectivity index (χ2n) is 5.80. The monoisotopic (exact) mass is 274 g/mol. The van der Waals surface area contributed by atoms with Gasteiger partial charge in [0.25, 0.3) is 0 Å². The van der Waals surface area contributed by atoms with Crippen LogP contribution in [-0.4, -0.2) is 11.0 Å². The molecule has 1 aliphatic carbocycles. The number of phenolic OH excluding ortho intramolecular Hbond substituents is 1. The zero-order valence-corrected chi connectivity index (χ0v) is 12.3. The lowest BCUT2D eigenvalue weighted by atomic mass is 9.89. The predicted octanol–water partition coefficient (Wildman–Crippen LogP) is 4.93. The minimum Gasteiger partial charge on any atom is -0.507 e. The fraction of sp³-hybridized carbons (Fsp3) is 0.412. The van der Waals surface area contributed by atoms with Crippen LogP contribution in [0.4, 0.5) is 0 Å². The summed E-state index contributed by atoms with van der Waals surface area (Å²) in [5.41, 5.74) is 3.86. The Morgan fingerprint density at radius 3 is 2.68 bits per heavy atom. The number of fused-ring (bicyclic) bond motifs is 3. The quantitative estimate of drug-likeness (QED) is 0.731. The van der Waals surface area contributed by atoms with Crippen molar-refractivity contribution in [2.75, 3.05) is 5.88 Å². The second kappa shape index (κ2) is 4.42. The summed E-state index contributed by atoms with van der Waals surface area (Å²) in [6.45, 7) is 6.61. The van der Waals surface area contributed by atoms with E-state index in [-0.39, 0.29) is 0 Å². The highest BCUT2D eigenvalue weighted by atomic mass is 35.5. The SMILES string of the molecule is Cc1cccc2c(O)cc3c(c12)C(CCl)C(C)C3C. The number of rotatable bonds is 1. The molecule has 2 aromatic carbocycles. The molecule has 2 heteroatoms. The van der Waals surface area contributed by atoms with E-state index in [4.69, 9.17) is 11.6 Å². The molecular formula is C17H19ClO.